The van der Waals surface area contributed by atoms with Crippen molar-refractivity contribution in [3.05, 3.63) is 99.2 Å². The summed E-state index contributed by atoms with van der Waals surface area (Å²) in [6.07, 6.45) is 6.89. The van der Waals surface area contributed by atoms with Crippen LogP contribution in [0.25, 0.3) is 5.00 Å². The molecule has 1 unspecified atom stereocenters. The molecule has 2 amide bonds. The predicted octanol–water partition coefficient (Wildman–Crippen LogP) is 7.24. The lowest BCUT2D eigenvalue weighted by molar-refractivity contribution is 0.194. The monoisotopic (exact) mass is 510 g/mol. The van der Waals surface area contributed by atoms with Crippen molar-refractivity contribution in [2.45, 2.75) is 52.1 Å². The van der Waals surface area contributed by atoms with Crippen molar-refractivity contribution in [3.8, 4) is 5.00 Å². The van der Waals surface area contributed by atoms with Gasteiger partial charge in [-0.3, -0.25) is 0 Å². The molecule has 2 aromatic carbocycles. The first-order valence-electron chi connectivity index (χ1n) is 13.1. The van der Waals surface area contributed by atoms with Gasteiger partial charge in [-0.2, -0.15) is 0 Å². The molecule has 0 bridgehead atoms. The fraction of sp³-hybridized carbons (Fsp3) is 0.323. The molecular formula is C31H34N4OS. The third-order valence-corrected chi connectivity index (χ3v) is 8.97. The maximum Gasteiger partial charge on any atom is 0.322 e. The van der Waals surface area contributed by atoms with E-state index in [-0.39, 0.29) is 12.1 Å². The average Bonchev–Trinajstić information content (AvgIpc) is 3.45. The molecule has 0 spiro atoms. The number of fused-ring (bicyclic) bond motifs is 5. The van der Waals surface area contributed by atoms with E-state index >= 15 is 0 Å². The number of hydrogen-bond acceptors (Lipinski definition) is 3. The van der Waals surface area contributed by atoms with Crippen molar-refractivity contribution in [1.29, 1.82) is 0 Å². The van der Waals surface area contributed by atoms with Crippen LogP contribution in [0.3, 0.4) is 0 Å². The van der Waals surface area contributed by atoms with Crippen LogP contribution in [-0.4, -0.2) is 29.6 Å². The molecule has 0 saturated carbocycles. The summed E-state index contributed by atoms with van der Waals surface area (Å²) in [6, 6.07) is 18.9. The highest BCUT2D eigenvalue weighted by atomic mass is 32.1. The zero-order valence-electron chi connectivity index (χ0n) is 22.0. The smallest absolute Gasteiger partial charge is 0.322 e. The summed E-state index contributed by atoms with van der Waals surface area (Å²) >= 11 is 1.92. The van der Waals surface area contributed by atoms with Crippen molar-refractivity contribution in [2.24, 2.45) is 0 Å². The number of carbonyl (C=O) groups is 1. The number of nitrogens with one attached hydrogen (secondary N) is 1. The third kappa shape index (κ3) is 4.33. The summed E-state index contributed by atoms with van der Waals surface area (Å²) in [5, 5.41) is 4.53. The largest absolute Gasteiger partial charge is 0.378 e. The van der Waals surface area contributed by atoms with E-state index in [1.807, 2.05) is 28.4 Å². The quantitative estimate of drug-likeness (QED) is 0.316. The summed E-state index contributed by atoms with van der Waals surface area (Å²) in [5.74, 6) is 0. The second kappa shape index (κ2) is 9.42. The summed E-state index contributed by atoms with van der Waals surface area (Å²) in [6.45, 7) is 4.74. The van der Waals surface area contributed by atoms with E-state index in [0.717, 1.165) is 46.6 Å². The summed E-state index contributed by atoms with van der Waals surface area (Å²) in [5.41, 5.74) is 9.31. The van der Waals surface area contributed by atoms with E-state index in [1.165, 1.54) is 33.8 Å². The van der Waals surface area contributed by atoms with Gasteiger partial charge in [0.05, 0.1) is 18.3 Å². The molecule has 0 radical (unpaired) electrons. The highest BCUT2D eigenvalue weighted by Gasteiger charge is 2.36. The van der Waals surface area contributed by atoms with Crippen molar-refractivity contribution in [3.63, 3.8) is 0 Å². The minimum absolute atomic E-state index is 0.0666. The van der Waals surface area contributed by atoms with Gasteiger partial charge in [0.1, 0.15) is 5.00 Å². The fourth-order valence-corrected chi connectivity index (χ4v) is 7.34. The van der Waals surface area contributed by atoms with Gasteiger partial charge in [0.2, 0.25) is 0 Å². The topological polar surface area (TPSA) is 40.5 Å². The number of nitrogens with zero attached hydrogens (tertiary/aromatic N) is 3. The zero-order valence-corrected chi connectivity index (χ0v) is 22.9. The Hall–Kier alpha value is -3.51. The molecule has 6 rings (SSSR count). The van der Waals surface area contributed by atoms with Crippen LogP contribution in [0.5, 0.6) is 0 Å². The lowest BCUT2D eigenvalue weighted by Crippen LogP contribution is -2.38. The van der Waals surface area contributed by atoms with E-state index in [0.29, 0.717) is 6.54 Å². The Morgan fingerprint density at radius 3 is 2.43 bits per heavy atom. The molecule has 1 aliphatic carbocycles. The molecule has 2 aliphatic rings. The Kier molecular flexibility index (Phi) is 6.07. The van der Waals surface area contributed by atoms with Gasteiger partial charge < -0.3 is 19.7 Å². The molecule has 6 heteroatoms. The van der Waals surface area contributed by atoms with Crippen LogP contribution in [0.15, 0.2) is 60.8 Å². The van der Waals surface area contributed by atoms with Crippen LogP contribution in [-0.2, 0) is 19.4 Å². The average molecular weight is 511 g/mol. The van der Waals surface area contributed by atoms with Crippen molar-refractivity contribution >= 4 is 28.7 Å². The molecule has 1 N–H and O–H groups in total. The Morgan fingerprint density at radius 2 is 1.70 bits per heavy atom. The summed E-state index contributed by atoms with van der Waals surface area (Å²) in [7, 11) is 4.10. The Morgan fingerprint density at radius 1 is 0.973 bits per heavy atom. The highest BCUT2D eigenvalue weighted by molar-refractivity contribution is 7.15. The number of aromatic nitrogens is 1. The first-order chi connectivity index (χ1) is 17.9. The normalized spacial score (nSPS) is 16.4. The van der Waals surface area contributed by atoms with Gasteiger partial charge >= 0.3 is 6.03 Å². The van der Waals surface area contributed by atoms with Gasteiger partial charge in [-0.1, -0.05) is 18.2 Å². The predicted molar refractivity (Wildman–Crippen MR) is 153 cm³/mol. The minimum atomic E-state index is -0.198. The molecule has 1 aliphatic heterocycles. The molecule has 5 nitrogen and oxygen atoms in total. The number of urea groups is 1. The number of benzene rings is 2. The molecule has 3 heterocycles. The number of amides is 2. The number of hydrogen-bond donors (Lipinski definition) is 1. The minimum Gasteiger partial charge on any atom is -0.378 e. The molecule has 0 saturated heterocycles. The lowest BCUT2D eigenvalue weighted by Gasteiger charge is -2.32. The number of aryl methyl sites for hydroxylation is 3. The number of carbonyl (C=O) groups excluding carboxylic acids is 1. The molecular weight excluding hydrogens is 476 g/mol. The number of anilines is 2. The first kappa shape index (κ1) is 23.9. The zero-order chi connectivity index (χ0) is 25.7. The second-order valence-corrected chi connectivity index (χ2v) is 11.7. The molecule has 4 aromatic rings. The standard InChI is InChI=1S/C31H34N4OS/c1-20-16-21(2)18-23(17-20)32-31(36)35-19-26-25-8-5-6-10-28(25)37-30(26)34-15-7-9-27(34)29(35)22-11-13-24(14-12-22)33(3)4/h7,9,11-18,29H,5-6,8,10,19H2,1-4H3,(H,32,36). The van der Waals surface area contributed by atoms with Crippen molar-refractivity contribution in [2.75, 3.05) is 24.3 Å². The van der Waals surface area contributed by atoms with Gasteiger partial charge in [-0.05, 0) is 98.2 Å². The van der Waals surface area contributed by atoms with Gasteiger partial charge in [-0.15, -0.1) is 11.3 Å². The van der Waals surface area contributed by atoms with E-state index in [4.69, 9.17) is 0 Å². The van der Waals surface area contributed by atoms with Gasteiger partial charge in [0.15, 0.2) is 0 Å². The van der Waals surface area contributed by atoms with Crippen LogP contribution >= 0.6 is 11.3 Å². The van der Waals surface area contributed by atoms with Gasteiger partial charge in [0, 0.05) is 42.1 Å². The molecule has 190 valence electrons. The van der Waals surface area contributed by atoms with Crippen LogP contribution in [0.4, 0.5) is 16.2 Å². The third-order valence-electron chi connectivity index (χ3n) is 7.64. The maximum absolute atomic E-state index is 14.1. The van der Waals surface area contributed by atoms with Crippen molar-refractivity contribution < 1.29 is 4.79 Å². The lowest BCUT2D eigenvalue weighted by atomic mass is 9.95. The van der Waals surface area contributed by atoms with E-state index < -0.39 is 0 Å². The highest BCUT2D eigenvalue weighted by Crippen LogP contribution is 2.44. The fourth-order valence-electron chi connectivity index (χ4n) is 5.93. The Balaban J connectivity index is 1.48. The van der Waals surface area contributed by atoms with Crippen LogP contribution in [0.2, 0.25) is 0 Å². The maximum atomic E-state index is 14.1. The van der Waals surface area contributed by atoms with Crippen LogP contribution < -0.4 is 10.2 Å². The van der Waals surface area contributed by atoms with Gasteiger partial charge in [0.25, 0.3) is 0 Å². The van der Waals surface area contributed by atoms with E-state index in [1.54, 1.807) is 0 Å². The molecule has 1 atom stereocenters. The Labute approximate surface area is 223 Å². The number of thiophene rings is 1. The molecule has 2 aromatic heterocycles. The van der Waals surface area contributed by atoms with Gasteiger partial charge in [-0.25, -0.2) is 4.79 Å². The van der Waals surface area contributed by atoms with Crippen LogP contribution in [0.1, 0.15) is 57.3 Å². The molecule has 37 heavy (non-hydrogen) atoms. The summed E-state index contributed by atoms with van der Waals surface area (Å²) < 4.78 is 2.34. The number of rotatable bonds is 3. The Bertz CT molecular complexity index is 1440. The van der Waals surface area contributed by atoms with E-state index in [9.17, 15) is 4.79 Å². The molecule has 0 fully saturated rings. The first-order valence-corrected chi connectivity index (χ1v) is 13.9. The summed E-state index contributed by atoms with van der Waals surface area (Å²) in [4.78, 5) is 19.8. The second-order valence-electron chi connectivity index (χ2n) is 10.6. The van der Waals surface area contributed by atoms with Crippen LogP contribution in [0, 0.1) is 13.8 Å². The van der Waals surface area contributed by atoms with Crippen molar-refractivity contribution in [1.82, 2.24) is 9.47 Å². The SMILES string of the molecule is Cc1cc(C)cc(NC(=O)N2Cc3c(sc4c3CCCC4)-n3cccc3C2c2ccc(N(C)C)cc2)c1. The van der Waals surface area contributed by atoms with E-state index in [2.05, 4.69) is 91.4 Å².